The molecular formula is C21H24O. The average Bonchev–Trinajstić information content (AvgIpc) is 2.56. The number of ether oxygens (including phenoxy) is 1. The third-order valence-corrected chi connectivity index (χ3v) is 3.47. The van der Waals surface area contributed by atoms with E-state index in [9.17, 15) is 0 Å². The summed E-state index contributed by atoms with van der Waals surface area (Å²) in [6, 6.07) is 17.8. The van der Waals surface area contributed by atoms with Crippen molar-refractivity contribution in [2.75, 3.05) is 0 Å². The van der Waals surface area contributed by atoms with Crippen molar-refractivity contribution in [3.63, 3.8) is 0 Å². The van der Waals surface area contributed by atoms with Gasteiger partial charge in [0.15, 0.2) is 0 Å². The molecule has 0 N–H and O–H groups in total. The third kappa shape index (κ3) is 6.06. The molecule has 2 rings (SSSR count). The van der Waals surface area contributed by atoms with E-state index in [1.165, 1.54) is 32.1 Å². The second kappa shape index (κ2) is 9.68. The van der Waals surface area contributed by atoms with Gasteiger partial charge in [-0.25, -0.2) is 0 Å². The molecule has 2 aromatic carbocycles. The summed E-state index contributed by atoms with van der Waals surface area (Å²) in [5.41, 5.74) is 1.05. The average molecular weight is 292 g/mol. The maximum absolute atomic E-state index is 5.77. The van der Waals surface area contributed by atoms with Gasteiger partial charge in [-0.1, -0.05) is 62.6 Å². The van der Waals surface area contributed by atoms with Gasteiger partial charge in [-0.2, -0.15) is 0 Å². The molecule has 0 unspecified atom stereocenters. The van der Waals surface area contributed by atoms with Crippen LogP contribution in [-0.4, -0.2) is 0 Å². The Morgan fingerprint density at radius 2 is 1.45 bits per heavy atom. The van der Waals surface area contributed by atoms with E-state index in [-0.39, 0.29) is 0 Å². The number of hydrogen-bond donors (Lipinski definition) is 0. The highest BCUT2D eigenvalue weighted by molar-refractivity contribution is 5.39. The molecule has 22 heavy (non-hydrogen) atoms. The van der Waals surface area contributed by atoms with Crippen LogP contribution in [0.15, 0.2) is 54.6 Å². The van der Waals surface area contributed by atoms with Crippen molar-refractivity contribution in [3.05, 3.63) is 60.2 Å². The van der Waals surface area contributed by atoms with Crippen LogP contribution in [0.25, 0.3) is 0 Å². The minimum absolute atomic E-state index is 0.844. The molecule has 0 amide bonds. The third-order valence-electron chi connectivity index (χ3n) is 3.47. The topological polar surface area (TPSA) is 9.23 Å². The molecule has 0 radical (unpaired) electrons. The number of rotatable bonds is 7. The van der Waals surface area contributed by atoms with E-state index < -0.39 is 0 Å². The molecule has 0 aliphatic carbocycles. The summed E-state index contributed by atoms with van der Waals surface area (Å²) in [7, 11) is 0. The SMILES string of the molecule is CCCCCCCC#Cc1ccc(Oc2ccccc2)cc1. The Kier molecular flexibility index (Phi) is 7.12. The smallest absolute Gasteiger partial charge is 0.127 e. The second-order valence-electron chi connectivity index (χ2n) is 5.41. The molecule has 0 fully saturated rings. The van der Waals surface area contributed by atoms with Crippen LogP contribution in [0, 0.1) is 11.8 Å². The summed E-state index contributed by atoms with van der Waals surface area (Å²) in [5, 5.41) is 0. The molecule has 0 spiro atoms. The molecule has 0 aliphatic heterocycles. The highest BCUT2D eigenvalue weighted by Gasteiger charge is 1.95. The molecule has 114 valence electrons. The fourth-order valence-corrected chi connectivity index (χ4v) is 2.21. The summed E-state index contributed by atoms with van der Waals surface area (Å²) >= 11 is 0. The second-order valence-corrected chi connectivity index (χ2v) is 5.41. The fourth-order valence-electron chi connectivity index (χ4n) is 2.21. The molecule has 1 nitrogen and oxygen atoms in total. The maximum Gasteiger partial charge on any atom is 0.127 e. The zero-order valence-corrected chi connectivity index (χ0v) is 13.3. The van der Waals surface area contributed by atoms with Crippen LogP contribution in [-0.2, 0) is 0 Å². The first kappa shape index (κ1) is 16.2. The molecule has 0 bridgehead atoms. The summed E-state index contributed by atoms with van der Waals surface area (Å²) < 4.78 is 5.77. The van der Waals surface area contributed by atoms with Crippen LogP contribution >= 0.6 is 0 Å². The van der Waals surface area contributed by atoms with Crippen molar-refractivity contribution >= 4 is 0 Å². The van der Waals surface area contributed by atoms with Crippen LogP contribution in [0.2, 0.25) is 0 Å². The van der Waals surface area contributed by atoms with Gasteiger partial charge >= 0.3 is 0 Å². The van der Waals surface area contributed by atoms with E-state index in [2.05, 4.69) is 18.8 Å². The normalized spacial score (nSPS) is 9.86. The minimum atomic E-state index is 0.844. The lowest BCUT2D eigenvalue weighted by molar-refractivity contribution is 0.482. The van der Waals surface area contributed by atoms with Gasteiger partial charge in [-0.3, -0.25) is 0 Å². The molecule has 1 heteroatoms. The van der Waals surface area contributed by atoms with E-state index in [0.717, 1.165) is 23.5 Å². The van der Waals surface area contributed by atoms with Gasteiger partial charge in [-0.05, 0) is 42.8 Å². The molecule has 0 saturated heterocycles. The standard InChI is InChI=1S/C21H24O/c1-2-3-4-5-6-7-9-12-19-15-17-21(18-16-19)22-20-13-10-8-11-14-20/h8,10-11,13-18H,2-7H2,1H3. The predicted molar refractivity (Wildman–Crippen MR) is 93.2 cm³/mol. The maximum atomic E-state index is 5.77. The van der Waals surface area contributed by atoms with Crippen molar-refractivity contribution in [2.45, 2.75) is 45.4 Å². The van der Waals surface area contributed by atoms with Crippen LogP contribution in [0.4, 0.5) is 0 Å². The van der Waals surface area contributed by atoms with Crippen LogP contribution in [0.1, 0.15) is 51.0 Å². The summed E-state index contributed by atoms with van der Waals surface area (Å²) in [4.78, 5) is 0. The van der Waals surface area contributed by atoms with Crippen LogP contribution in [0.5, 0.6) is 11.5 Å². The van der Waals surface area contributed by atoms with Crippen molar-refractivity contribution in [2.24, 2.45) is 0 Å². The number of para-hydroxylation sites is 1. The largest absolute Gasteiger partial charge is 0.457 e. The molecule has 2 aromatic rings. The van der Waals surface area contributed by atoms with Crippen LogP contribution < -0.4 is 4.74 Å². The van der Waals surface area contributed by atoms with E-state index in [1.54, 1.807) is 0 Å². The van der Waals surface area contributed by atoms with Crippen molar-refractivity contribution < 1.29 is 4.74 Å². The Morgan fingerprint density at radius 1 is 0.773 bits per heavy atom. The summed E-state index contributed by atoms with van der Waals surface area (Å²) in [6.07, 6.45) is 7.48. The zero-order chi connectivity index (χ0) is 15.5. The van der Waals surface area contributed by atoms with Gasteiger partial charge in [0.1, 0.15) is 11.5 Å². The lowest BCUT2D eigenvalue weighted by Gasteiger charge is -2.04. The van der Waals surface area contributed by atoms with Crippen molar-refractivity contribution in [1.29, 1.82) is 0 Å². The lowest BCUT2D eigenvalue weighted by atomic mass is 10.1. The first-order valence-electron chi connectivity index (χ1n) is 8.20. The molecule has 0 atom stereocenters. The van der Waals surface area contributed by atoms with E-state index >= 15 is 0 Å². The van der Waals surface area contributed by atoms with Gasteiger partial charge in [0, 0.05) is 12.0 Å². The first-order valence-corrected chi connectivity index (χ1v) is 8.20. The Bertz CT molecular complexity index is 587. The van der Waals surface area contributed by atoms with Gasteiger partial charge in [-0.15, -0.1) is 0 Å². The number of unbranched alkanes of at least 4 members (excludes halogenated alkanes) is 5. The van der Waals surface area contributed by atoms with Gasteiger partial charge in [0.2, 0.25) is 0 Å². The highest BCUT2D eigenvalue weighted by Crippen LogP contribution is 2.20. The van der Waals surface area contributed by atoms with Gasteiger partial charge < -0.3 is 4.74 Å². The minimum Gasteiger partial charge on any atom is -0.457 e. The van der Waals surface area contributed by atoms with E-state index in [4.69, 9.17) is 4.74 Å². The lowest BCUT2D eigenvalue weighted by Crippen LogP contribution is -1.83. The summed E-state index contributed by atoms with van der Waals surface area (Å²) in [5.74, 6) is 8.18. The molecule has 0 aliphatic rings. The quantitative estimate of drug-likeness (QED) is 0.436. The van der Waals surface area contributed by atoms with Crippen molar-refractivity contribution in [3.8, 4) is 23.3 Å². The Balaban J connectivity index is 1.77. The monoisotopic (exact) mass is 292 g/mol. The molecule has 0 saturated carbocycles. The molecular weight excluding hydrogens is 268 g/mol. The Morgan fingerprint density at radius 3 is 2.18 bits per heavy atom. The first-order chi connectivity index (χ1) is 10.9. The Hall–Kier alpha value is -2.20. The van der Waals surface area contributed by atoms with Crippen LogP contribution in [0.3, 0.4) is 0 Å². The molecule has 0 aromatic heterocycles. The van der Waals surface area contributed by atoms with E-state index in [1.807, 2.05) is 54.6 Å². The van der Waals surface area contributed by atoms with E-state index in [0.29, 0.717) is 0 Å². The number of hydrogen-bond acceptors (Lipinski definition) is 1. The predicted octanol–water partition coefficient (Wildman–Crippen LogP) is 6.19. The molecule has 0 heterocycles. The van der Waals surface area contributed by atoms with Gasteiger partial charge in [0.05, 0.1) is 0 Å². The van der Waals surface area contributed by atoms with Crippen molar-refractivity contribution in [1.82, 2.24) is 0 Å². The fraction of sp³-hybridized carbons (Fsp3) is 0.333. The van der Waals surface area contributed by atoms with Gasteiger partial charge in [0.25, 0.3) is 0 Å². The zero-order valence-electron chi connectivity index (χ0n) is 13.3. The Labute approximate surface area is 134 Å². The highest BCUT2D eigenvalue weighted by atomic mass is 16.5. The summed E-state index contributed by atoms with van der Waals surface area (Å²) in [6.45, 7) is 2.24. The number of benzene rings is 2.